The van der Waals surface area contributed by atoms with Gasteiger partial charge in [0.05, 0.1) is 18.9 Å². The van der Waals surface area contributed by atoms with Gasteiger partial charge >= 0.3 is 0 Å². The van der Waals surface area contributed by atoms with Gasteiger partial charge in [-0.2, -0.15) is 0 Å². The highest BCUT2D eigenvalue weighted by Gasteiger charge is 2.25. The van der Waals surface area contributed by atoms with E-state index in [1.807, 2.05) is 49.4 Å². The molecular weight excluding hydrogens is 422 g/mol. The smallest absolute Gasteiger partial charge is 0.291 e. The second-order valence-corrected chi connectivity index (χ2v) is 8.48. The zero-order chi connectivity index (χ0) is 22.5. The zero-order valence-corrected chi connectivity index (χ0v) is 19.0. The van der Waals surface area contributed by atoms with Gasteiger partial charge in [-0.05, 0) is 68.3 Å². The van der Waals surface area contributed by atoms with E-state index in [0.29, 0.717) is 6.61 Å². The number of anilines is 2. The summed E-state index contributed by atoms with van der Waals surface area (Å²) in [6, 6.07) is 16.9. The highest BCUT2D eigenvalue weighted by atomic mass is 32.1. The summed E-state index contributed by atoms with van der Waals surface area (Å²) in [5.74, 6) is 1.56. The van der Waals surface area contributed by atoms with Gasteiger partial charge in [0, 0.05) is 16.6 Å². The molecule has 164 valence electrons. The Morgan fingerprint density at radius 3 is 2.59 bits per heavy atom. The number of nitrogens with one attached hydrogen (secondary N) is 2. The third-order valence-corrected chi connectivity index (χ3v) is 6.31. The maximum absolute atomic E-state index is 12.7. The first kappa shape index (κ1) is 21.6. The first-order valence-electron chi connectivity index (χ1n) is 10.4. The molecule has 4 rings (SSSR count). The van der Waals surface area contributed by atoms with E-state index in [1.54, 1.807) is 29.7 Å². The van der Waals surface area contributed by atoms with Crippen molar-refractivity contribution in [1.29, 1.82) is 0 Å². The normalized spacial score (nSPS) is 11.7. The van der Waals surface area contributed by atoms with Crippen LogP contribution in [0, 0.1) is 13.8 Å². The molecule has 0 radical (unpaired) electrons. The van der Waals surface area contributed by atoms with Crippen LogP contribution in [0.15, 0.2) is 71.5 Å². The number of carbonyl (C=O) groups is 1. The molecule has 0 spiro atoms. The van der Waals surface area contributed by atoms with Crippen LogP contribution in [0.1, 0.15) is 45.1 Å². The summed E-state index contributed by atoms with van der Waals surface area (Å²) in [5.41, 5.74) is 3.16. The molecule has 0 saturated heterocycles. The molecule has 6 nitrogen and oxygen atoms in total. The van der Waals surface area contributed by atoms with Crippen molar-refractivity contribution < 1.29 is 13.9 Å². The minimum atomic E-state index is -0.277. The maximum Gasteiger partial charge on any atom is 0.291 e. The molecule has 4 aromatic rings. The lowest BCUT2D eigenvalue weighted by atomic mass is 9.96. The summed E-state index contributed by atoms with van der Waals surface area (Å²) in [6.45, 7) is 6.71. The lowest BCUT2D eigenvalue weighted by Gasteiger charge is -2.22. The molecule has 0 aliphatic heterocycles. The van der Waals surface area contributed by atoms with Gasteiger partial charge in [-0.15, -0.1) is 11.3 Å². The minimum Gasteiger partial charge on any atom is -0.494 e. The summed E-state index contributed by atoms with van der Waals surface area (Å²) in [5, 5.41) is 7.37. The minimum absolute atomic E-state index is 0.225. The average Bonchev–Trinajstić information content (AvgIpc) is 3.43. The Morgan fingerprint density at radius 2 is 1.94 bits per heavy atom. The van der Waals surface area contributed by atoms with Crippen LogP contribution in [0.2, 0.25) is 0 Å². The van der Waals surface area contributed by atoms with Crippen molar-refractivity contribution in [2.24, 2.45) is 0 Å². The van der Waals surface area contributed by atoms with Crippen LogP contribution < -0.4 is 15.4 Å². The fourth-order valence-electron chi connectivity index (χ4n) is 3.50. The van der Waals surface area contributed by atoms with Crippen LogP contribution in [-0.2, 0) is 0 Å². The van der Waals surface area contributed by atoms with Gasteiger partial charge in [-0.3, -0.25) is 4.79 Å². The molecule has 7 heteroatoms. The molecule has 0 aliphatic carbocycles. The zero-order valence-electron chi connectivity index (χ0n) is 18.2. The van der Waals surface area contributed by atoms with Crippen molar-refractivity contribution in [2.45, 2.75) is 26.8 Å². The fraction of sp³-hybridized carbons (Fsp3) is 0.200. The predicted molar refractivity (Wildman–Crippen MR) is 128 cm³/mol. The van der Waals surface area contributed by atoms with Gasteiger partial charge in [-0.25, -0.2) is 4.98 Å². The van der Waals surface area contributed by atoms with Crippen LogP contribution in [0.3, 0.4) is 0 Å². The highest BCUT2D eigenvalue weighted by molar-refractivity contribution is 7.16. The Bertz CT molecular complexity index is 1170. The number of thiophene rings is 1. The standard InChI is InChI=1S/C25H25N3O3S/c1-4-30-19-12-10-18(11-13-19)23(27-21-9-5-6-14-26-21)22-16(2)17(3)32-25(22)28-24(29)20-8-7-15-31-20/h5-15,23H,4H2,1-3H3,(H,26,27)(H,28,29)/t23-/m1/s1. The van der Waals surface area contributed by atoms with E-state index in [1.165, 1.54) is 6.26 Å². The monoisotopic (exact) mass is 447 g/mol. The summed E-state index contributed by atoms with van der Waals surface area (Å²) in [4.78, 5) is 18.3. The van der Waals surface area contributed by atoms with Crippen LogP contribution in [0.4, 0.5) is 10.8 Å². The van der Waals surface area contributed by atoms with Crippen molar-refractivity contribution in [3.05, 3.63) is 94.4 Å². The number of rotatable bonds is 8. The van der Waals surface area contributed by atoms with Crippen molar-refractivity contribution in [2.75, 3.05) is 17.2 Å². The van der Waals surface area contributed by atoms with Gasteiger partial charge < -0.3 is 19.8 Å². The fourth-order valence-corrected chi connectivity index (χ4v) is 4.59. The first-order valence-corrected chi connectivity index (χ1v) is 11.2. The Kier molecular flexibility index (Phi) is 6.56. The molecule has 2 N–H and O–H groups in total. The third-order valence-electron chi connectivity index (χ3n) is 5.17. The Hall–Kier alpha value is -3.58. The molecule has 0 unspecified atom stereocenters. The number of furan rings is 1. The van der Waals surface area contributed by atoms with Gasteiger partial charge in [0.15, 0.2) is 5.76 Å². The van der Waals surface area contributed by atoms with Crippen molar-refractivity contribution in [1.82, 2.24) is 4.98 Å². The van der Waals surface area contributed by atoms with Gasteiger partial charge in [0.1, 0.15) is 16.6 Å². The summed E-state index contributed by atoms with van der Waals surface area (Å²) >= 11 is 1.55. The number of pyridine rings is 1. The topological polar surface area (TPSA) is 76.4 Å². The summed E-state index contributed by atoms with van der Waals surface area (Å²) in [7, 11) is 0. The lowest BCUT2D eigenvalue weighted by molar-refractivity contribution is 0.0997. The molecule has 0 aliphatic rings. The van der Waals surface area contributed by atoms with E-state index < -0.39 is 0 Å². The number of carbonyl (C=O) groups excluding carboxylic acids is 1. The lowest BCUT2D eigenvalue weighted by Crippen LogP contribution is -2.17. The first-order chi connectivity index (χ1) is 15.6. The van der Waals surface area contributed by atoms with E-state index >= 15 is 0 Å². The molecule has 0 bridgehead atoms. The molecule has 32 heavy (non-hydrogen) atoms. The predicted octanol–water partition coefficient (Wildman–Crippen LogP) is 6.21. The maximum atomic E-state index is 12.7. The third kappa shape index (κ3) is 4.68. The molecule has 3 aromatic heterocycles. The number of benzene rings is 1. The summed E-state index contributed by atoms with van der Waals surface area (Å²) in [6.07, 6.45) is 3.25. The molecule has 0 fully saturated rings. The number of nitrogens with zero attached hydrogens (tertiary/aromatic N) is 1. The Balaban J connectivity index is 1.75. The molecule has 3 heterocycles. The van der Waals surface area contributed by atoms with Gasteiger partial charge in [-0.1, -0.05) is 18.2 Å². The largest absolute Gasteiger partial charge is 0.494 e. The van der Waals surface area contributed by atoms with E-state index in [4.69, 9.17) is 9.15 Å². The van der Waals surface area contributed by atoms with Crippen molar-refractivity contribution >= 4 is 28.1 Å². The van der Waals surface area contributed by atoms with E-state index in [9.17, 15) is 4.79 Å². The molecule has 1 aromatic carbocycles. The number of aryl methyl sites for hydroxylation is 1. The van der Waals surface area contributed by atoms with Crippen LogP contribution in [0.5, 0.6) is 5.75 Å². The van der Waals surface area contributed by atoms with Crippen molar-refractivity contribution in [3.8, 4) is 5.75 Å². The second-order valence-electron chi connectivity index (χ2n) is 7.25. The summed E-state index contributed by atoms with van der Waals surface area (Å²) < 4.78 is 10.9. The molecule has 1 amide bonds. The van der Waals surface area contributed by atoms with Crippen LogP contribution in [0.25, 0.3) is 0 Å². The number of ether oxygens (including phenoxy) is 1. The van der Waals surface area contributed by atoms with E-state index in [2.05, 4.69) is 29.5 Å². The number of aromatic nitrogens is 1. The number of hydrogen-bond donors (Lipinski definition) is 2. The van der Waals surface area contributed by atoms with Gasteiger partial charge in [0.25, 0.3) is 5.91 Å². The SMILES string of the molecule is CCOc1ccc([C@@H](Nc2ccccn2)c2c(NC(=O)c3ccco3)sc(C)c2C)cc1. The van der Waals surface area contributed by atoms with E-state index in [0.717, 1.165) is 38.1 Å². The van der Waals surface area contributed by atoms with Crippen LogP contribution >= 0.6 is 11.3 Å². The van der Waals surface area contributed by atoms with E-state index in [-0.39, 0.29) is 17.7 Å². The molecular formula is C25H25N3O3S. The molecule has 1 atom stereocenters. The Labute approximate surface area is 191 Å². The van der Waals surface area contributed by atoms with Crippen LogP contribution in [-0.4, -0.2) is 17.5 Å². The van der Waals surface area contributed by atoms with Crippen molar-refractivity contribution in [3.63, 3.8) is 0 Å². The number of amides is 1. The molecule has 0 saturated carbocycles. The highest BCUT2D eigenvalue weighted by Crippen LogP contribution is 2.41. The Morgan fingerprint density at radius 1 is 1.12 bits per heavy atom. The quantitative estimate of drug-likeness (QED) is 0.336. The average molecular weight is 448 g/mol. The second kappa shape index (κ2) is 9.70. The van der Waals surface area contributed by atoms with Gasteiger partial charge in [0.2, 0.25) is 0 Å². The number of hydrogen-bond acceptors (Lipinski definition) is 6.